The lowest BCUT2D eigenvalue weighted by molar-refractivity contribution is -0.501. The van der Waals surface area contributed by atoms with Gasteiger partial charge in [-0.05, 0) is 17.7 Å². The van der Waals surface area contributed by atoms with Crippen LogP contribution in [-0.2, 0) is 6.54 Å². The van der Waals surface area contributed by atoms with Crippen molar-refractivity contribution in [2.75, 3.05) is 13.6 Å². The van der Waals surface area contributed by atoms with Crippen LogP contribution in [0.15, 0.2) is 42.5 Å². The summed E-state index contributed by atoms with van der Waals surface area (Å²) < 4.78 is 4.74. The summed E-state index contributed by atoms with van der Waals surface area (Å²) in [7, 11) is 2.16. The first-order valence-corrected chi connectivity index (χ1v) is 6.07. The SMILES string of the molecule is CC1=[N+](C)CCn2c1ccc2-c1ccccc1.[I-]. The molecule has 0 radical (unpaired) electrons. The van der Waals surface area contributed by atoms with Crippen LogP contribution in [0.25, 0.3) is 11.3 Å². The molecule has 1 aromatic heterocycles. The van der Waals surface area contributed by atoms with Gasteiger partial charge in [-0.25, -0.2) is 4.58 Å². The fourth-order valence-electron chi connectivity index (χ4n) is 2.50. The van der Waals surface area contributed by atoms with E-state index in [-0.39, 0.29) is 24.0 Å². The third-order valence-electron chi connectivity index (χ3n) is 3.65. The molecule has 3 rings (SSSR count). The van der Waals surface area contributed by atoms with Gasteiger partial charge < -0.3 is 28.5 Å². The Morgan fingerprint density at radius 3 is 2.39 bits per heavy atom. The van der Waals surface area contributed by atoms with Crippen molar-refractivity contribution in [1.82, 2.24) is 4.57 Å². The third kappa shape index (κ3) is 2.11. The van der Waals surface area contributed by atoms with Gasteiger partial charge in [-0.3, -0.25) is 0 Å². The minimum Gasteiger partial charge on any atom is -1.00 e. The quantitative estimate of drug-likeness (QED) is 0.489. The number of aromatic nitrogens is 1. The highest BCUT2D eigenvalue weighted by molar-refractivity contribution is 5.94. The molecular weight excluding hydrogens is 335 g/mol. The first kappa shape index (κ1) is 13.3. The number of hydrogen-bond acceptors (Lipinski definition) is 0. The van der Waals surface area contributed by atoms with Crippen LogP contribution in [0, 0.1) is 0 Å². The zero-order chi connectivity index (χ0) is 11.8. The Hall–Kier alpha value is -1.10. The van der Waals surface area contributed by atoms with Crippen molar-refractivity contribution in [2.24, 2.45) is 0 Å². The third-order valence-corrected chi connectivity index (χ3v) is 3.65. The van der Waals surface area contributed by atoms with E-state index in [1.807, 2.05) is 0 Å². The van der Waals surface area contributed by atoms with Crippen molar-refractivity contribution in [1.29, 1.82) is 0 Å². The fourth-order valence-corrected chi connectivity index (χ4v) is 2.50. The van der Waals surface area contributed by atoms with Gasteiger partial charge in [-0.15, -0.1) is 0 Å². The average molecular weight is 352 g/mol. The Morgan fingerprint density at radius 1 is 1.00 bits per heavy atom. The molecule has 0 aliphatic carbocycles. The Morgan fingerprint density at radius 2 is 1.67 bits per heavy atom. The normalized spacial score (nSPS) is 14.1. The van der Waals surface area contributed by atoms with E-state index in [2.05, 4.69) is 65.6 Å². The van der Waals surface area contributed by atoms with Gasteiger partial charge in [0.05, 0.1) is 6.54 Å². The highest BCUT2D eigenvalue weighted by atomic mass is 127. The van der Waals surface area contributed by atoms with E-state index in [0.29, 0.717) is 0 Å². The van der Waals surface area contributed by atoms with Gasteiger partial charge in [0.2, 0.25) is 0 Å². The molecule has 94 valence electrons. The number of hydrogen-bond donors (Lipinski definition) is 0. The van der Waals surface area contributed by atoms with Crippen LogP contribution in [0.2, 0.25) is 0 Å². The van der Waals surface area contributed by atoms with Crippen LogP contribution < -0.4 is 24.0 Å². The largest absolute Gasteiger partial charge is 1.00 e. The summed E-state index contributed by atoms with van der Waals surface area (Å²) in [6.45, 7) is 4.35. The minimum atomic E-state index is 0. The van der Waals surface area contributed by atoms with Crippen molar-refractivity contribution < 1.29 is 28.6 Å². The second-order valence-corrected chi connectivity index (χ2v) is 4.63. The van der Waals surface area contributed by atoms with Crippen LogP contribution in [0.3, 0.4) is 0 Å². The van der Waals surface area contributed by atoms with Crippen molar-refractivity contribution in [2.45, 2.75) is 13.5 Å². The summed E-state index contributed by atoms with van der Waals surface area (Å²) in [4.78, 5) is 0. The van der Waals surface area contributed by atoms with Crippen molar-refractivity contribution >= 4 is 5.71 Å². The molecule has 1 aliphatic rings. The molecule has 0 N–H and O–H groups in total. The number of fused-ring (bicyclic) bond motifs is 1. The van der Waals surface area contributed by atoms with Gasteiger partial charge in [-0.1, -0.05) is 30.3 Å². The summed E-state index contributed by atoms with van der Waals surface area (Å²) >= 11 is 0. The van der Waals surface area contributed by atoms with Gasteiger partial charge in [0.15, 0.2) is 12.3 Å². The van der Waals surface area contributed by atoms with E-state index >= 15 is 0 Å². The Bertz CT molecular complexity index is 582. The van der Waals surface area contributed by atoms with Gasteiger partial charge >= 0.3 is 0 Å². The lowest BCUT2D eigenvalue weighted by Gasteiger charge is -2.16. The average Bonchev–Trinajstić information content (AvgIpc) is 2.79. The molecule has 0 amide bonds. The van der Waals surface area contributed by atoms with Gasteiger partial charge in [0, 0.05) is 12.6 Å². The predicted molar refractivity (Wildman–Crippen MR) is 70.7 cm³/mol. The molecule has 0 saturated heterocycles. The Kier molecular flexibility index (Phi) is 3.90. The van der Waals surface area contributed by atoms with Crippen LogP contribution in [0.5, 0.6) is 0 Å². The van der Waals surface area contributed by atoms with E-state index in [1.54, 1.807) is 0 Å². The maximum Gasteiger partial charge on any atom is 0.196 e. The topological polar surface area (TPSA) is 7.94 Å². The summed E-state index contributed by atoms with van der Waals surface area (Å²) in [5.41, 5.74) is 5.33. The Balaban J connectivity index is 0.00000120. The summed E-state index contributed by atoms with van der Waals surface area (Å²) in [5.74, 6) is 0. The van der Waals surface area contributed by atoms with Gasteiger partial charge in [0.1, 0.15) is 12.7 Å². The van der Waals surface area contributed by atoms with Crippen molar-refractivity contribution in [3.05, 3.63) is 48.2 Å². The maximum atomic E-state index is 2.42. The zero-order valence-corrected chi connectivity index (χ0v) is 12.9. The van der Waals surface area contributed by atoms with Crippen LogP contribution >= 0.6 is 0 Å². The molecule has 0 unspecified atom stereocenters. The lowest BCUT2D eigenvalue weighted by atomic mass is 10.1. The molecule has 0 atom stereocenters. The monoisotopic (exact) mass is 352 g/mol. The second kappa shape index (κ2) is 5.26. The first-order valence-electron chi connectivity index (χ1n) is 6.07. The molecule has 2 nitrogen and oxygen atoms in total. The number of likely N-dealkylation sites (N-methyl/N-ethyl adjacent to an activating group) is 1. The number of halogens is 1. The Labute approximate surface area is 125 Å². The highest BCUT2D eigenvalue weighted by Crippen LogP contribution is 2.24. The van der Waals surface area contributed by atoms with Crippen LogP contribution in [-0.4, -0.2) is 28.4 Å². The van der Waals surface area contributed by atoms with Crippen LogP contribution in [0.4, 0.5) is 0 Å². The van der Waals surface area contributed by atoms with E-state index in [0.717, 1.165) is 13.1 Å². The van der Waals surface area contributed by atoms with Crippen molar-refractivity contribution in [3.63, 3.8) is 0 Å². The molecule has 0 fully saturated rings. The predicted octanol–water partition coefficient (Wildman–Crippen LogP) is -0.376. The number of rotatable bonds is 1. The molecule has 0 spiro atoms. The number of nitrogens with zero attached hydrogens (tertiary/aromatic N) is 2. The molecule has 1 aliphatic heterocycles. The molecule has 3 heteroatoms. The molecule has 0 bridgehead atoms. The standard InChI is InChI=1S/C15H17N2.HI/c1-12-14-8-9-15(13-6-4-3-5-7-13)17(14)11-10-16(12)2;/h3-9H,10-11H2,1-2H3;1H/q+1;/p-1. The van der Waals surface area contributed by atoms with Crippen LogP contribution in [0.1, 0.15) is 12.6 Å². The number of benzene rings is 1. The molecule has 2 aromatic rings. The van der Waals surface area contributed by atoms with Gasteiger partial charge in [0.25, 0.3) is 0 Å². The van der Waals surface area contributed by atoms with E-state index in [4.69, 9.17) is 0 Å². The molecule has 0 saturated carbocycles. The molecule has 2 heterocycles. The zero-order valence-electron chi connectivity index (χ0n) is 10.7. The van der Waals surface area contributed by atoms with E-state index < -0.39 is 0 Å². The fraction of sp³-hybridized carbons (Fsp3) is 0.267. The maximum absolute atomic E-state index is 2.42. The molecular formula is C15H17IN2. The molecule has 1 aromatic carbocycles. The summed E-state index contributed by atoms with van der Waals surface area (Å²) in [5, 5.41) is 0. The smallest absolute Gasteiger partial charge is 0.196 e. The lowest BCUT2D eigenvalue weighted by Crippen LogP contribution is -3.00. The highest BCUT2D eigenvalue weighted by Gasteiger charge is 2.21. The van der Waals surface area contributed by atoms with E-state index in [1.165, 1.54) is 22.7 Å². The first-order chi connectivity index (χ1) is 8.27. The van der Waals surface area contributed by atoms with E-state index in [9.17, 15) is 0 Å². The van der Waals surface area contributed by atoms with Gasteiger partial charge in [-0.2, -0.15) is 0 Å². The molecule has 18 heavy (non-hydrogen) atoms. The van der Waals surface area contributed by atoms with Crippen molar-refractivity contribution in [3.8, 4) is 11.3 Å². The summed E-state index contributed by atoms with van der Waals surface area (Å²) in [6.07, 6.45) is 0. The minimum absolute atomic E-state index is 0. The second-order valence-electron chi connectivity index (χ2n) is 4.63. The summed E-state index contributed by atoms with van der Waals surface area (Å²) in [6, 6.07) is 15.1.